The Balaban J connectivity index is 2.25. The van der Waals surface area contributed by atoms with E-state index >= 15 is 0 Å². The maximum Gasteiger partial charge on any atom is 0.278 e. The fourth-order valence-corrected chi connectivity index (χ4v) is 1.73. The number of carbonyl (C=O) groups is 1. The van der Waals surface area contributed by atoms with Gasteiger partial charge < -0.3 is 9.64 Å². The lowest BCUT2D eigenvalue weighted by Gasteiger charge is -2.20. The Morgan fingerprint density at radius 3 is 2.42 bits per heavy atom. The number of carbonyl (C=O) groups excluding carboxylic acids is 1. The summed E-state index contributed by atoms with van der Waals surface area (Å²) in [7, 11) is 1.51. The third kappa shape index (κ3) is 2.88. The van der Waals surface area contributed by atoms with E-state index in [2.05, 4.69) is 10.2 Å². The molecule has 2 aromatic rings. The Bertz CT molecular complexity index is 540. The predicted octanol–water partition coefficient (Wildman–Crippen LogP) is 2.15. The monoisotopic (exact) mass is 257 g/mol. The first-order valence-corrected chi connectivity index (χ1v) is 6.01. The summed E-state index contributed by atoms with van der Waals surface area (Å²) in [5.41, 5.74) is 1.14. The van der Waals surface area contributed by atoms with Gasteiger partial charge in [0.25, 0.3) is 5.91 Å². The minimum atomic E-state index is -0.177. The van der Waals surface area contributed by atoms with Crippen LogP contribution in [0, 0.1) is 0 Å². The fourth-order valence-electron chi connectivity index (χ4n) is 1.73. The van der Waals surface area contributed by atoms with Crippen LogP contribution in [0.4, 0.5) is 5.69 Å². The van der Waals surface area contributed by atoms with Gasteiger partial charge in [-0.15, -0.1) is 10.2 Å². The summed E-state index contributed by atoms with van der Waals surface area (Å²) >= 11 is 0. The normalized spacial score (nSPS) is 10.0. The molecule has 0 atom stereocenters. The van der Waals surface area contributed by atoms with Crippen LogP contribution in [0.1, 0.15) is 17.4 Å². The number of para-hydroxylation sites is 1. The summed E-state index contributed by atoms with van der Waals surface area (Å²) in [6, 6.07) is 12.7. The van der Waals surface area contributed by atoms with Crippen LogP contribution < -0.4 is 9.64 Å². The molecular formula is C14H15N3O2. The van der Waals surface area contributed by atoms with Crippen molar-refractivity contribution in [2.24, 2.45) is 0 Å². The van der Waals surface area contributed by atoms with Crippen molar-refractivity contribution in [3.8, 4) is 5.88 Å². The van der Waals surface area contributed by atoms with Crippen molar-refractivity contribution in [2.75, 3.05) is 18.6 Å². The summed E-state index contributed by atoms with van der Waals surface area (Å²) in [6.45, 7) is 2.48. The van der Waals surface area contributed by atoms with E-state index in [1.165, 1.54) is 7.11 Å². The number of rotatable bonds is 4. The molecule has 0 aliphatic heterocycles. The zero-order valence-corrected chi connectivity index (χ0v) is 10.9. The van der Waals surface area contributed by atoms with Crippen molar-refractivity contribution >= 4 is 11.6 Å². The van der Waals surface area contributed by atoms with E-state index in [-0.39, 0.29) is 5.91 Å². The van der Waals surface area contributed by atoms with Gasteiger partial charge in [0.15, 0.2) is 5.69 Å². The van der Waals surface area contributed by atoms with Crippen LogP contribution in [-0.4, -0.2) is 29.8 Å². The average molecular weight is 257 g/mol. The highest BCUT2D eigenvalue weighted by Gasteiger charge is 2.17. The second kappa shape index (κ2) is 5.95. The largest absolute Gasteiger partial charge is 0.480 e. The number of hydrogen-bond donors (Lipinski definition) is 0. The molecule has 5 heteroatoms. The lowest BCUT2D eigenvalue weighted by molar-refractivity contribution is 0.0982. The number of anilines is 1. The molecule has 98 valence electrons. The minimum Gasteiger partial charge on any atom is -0.480 e. The van der Waals surface area contributed by atoms with E-state index < -0.39 is 0 Å². The lowest BCUT2D eigenvalue weighted by Crippen LogP contribution is -2.31. The van der Waals surface area contributed by atoms with Crippen molar-refractivity contribution in [2.45, 2.75) is 6.92 Å². The van der Waals surface area contributed by atoms with Gasteiger partial charge in [0, 0.05) is 18.3 Å². The number of ether oxygens (including phenoxy) is 1. The summed E-state index contributed by atoms with van der Waals surface area (Å²) in [5.74, 6) is 0.211. The van der Waals surface area contributed by atoms with Gasteiger partial charge in [0.2, 0.25) is 5.88 Å². The molecule has 1 amide bonds. The molecule has 0 bridgehead atoms. The molecule has 1 heterocycles. The van der Waals surface area contributed by atoms with Crippen molar-refractivity contribution in [3.05, 3.63) is 48.2 Å². The van der Waals surface area contributed by atoms with Gasteiger partial charge in [-0.1, -0.05) is 18.2 Å². The maximum absolute atomic E-state index is 12.4. The number of amides is 1. The smallest absolute Gasteiger partial charge is 0.278 e. The van der Waals surface area contributed by atoms with Crippen molar-refractivity contribution in [3.63, 3.8) is 0 Å². The fraction of sp³-hybridized carbons (Fsp3) is 0.214. The van der Waals surface area contributed by atoms with Crippen LogP contribution in [0.25, 0.3) is 0 Å². The van der Waals surface area contributed by atoms with Crippen LogP contribution in [0.15, 0.2) is 42.5 Å². The summed E-state index contributed by atoms with van der Waals surface area (Å²) in [4.78, 5) is 14.0. The molecule has 2 rings (SSSR count). The lowest BCUT2D eigenvalue weighted by atomic mass is 10.2. The van der Waals surface area contributed by atoms with Crippen LogP contribution in [0.2, 0.25) is 0 Å². The van der Waals surface area contributed by atoms with E-state index in [1.54, 1.807) is 17.0 Å². The number of aromatic nitrogens is 2. The molecule has 0 aliphatic carbocycles. The SMILES string of the molecule is CCN(C(=O)c1ccc(OC)nn1)c1ccccc1. The molecule has 0 fully saturated rings. The standard InChI is InChI=1S/C14H15N3O2/c1-3-17(11-7-5-4-6-8-11)14(18)12-9-10-13(19-2)16-15-12/h4-10H,3H2,1-2H3. The first kappa shape index (κ1) is 13.0. The first-order valence-electron chi connectivity index (χ1n) is 6.01. The molecule has 0 aliphatic rings. The maximum atomic E-state index is 12.4. The Kier molecular flexibility index (Phi) is 4.07. The predicted molar refractivity (Wildman–Crippen MR) is 72.4 cm³/mol. The molecule has 0 radical (unpaired) electrons. The molecule has 19 heavy (non-hydrogen) atoms. The average Bonchev–Trinajstić information content (AvgIpc) is 2.49. The van der Waals surface area contributed by atoms with Crippen LogP contribution in [0.5, 0.6) is 5.88 Å². The van der Waals surface area contributed by atoms with E-state index in [0.717, 1.165) is 5.69 Å². The van der Waals surface area contributed by atoms with Crippen LogP contribution in [-0.2, 0) is 0 Å². The van der Waals surface area contributed by atoms with Gasteiger partial charge in [0.05, 0.1) is 7.11 Å². The highest BCUT2D eigenvalue weighted by molar-refractivity contribution is 6.04. The quantitative estimate of drug-likeness (QED) is 0.842. The van der Waals surface area contributed by atoms with Gasteiger partial charge in [-0.2, -0.15) is 0 Å². The molecule has 1 aromatic heterocycles. The van der Waals surface area contributed by atoms with E-state index in [4.69, 9.17) is 4.74 Å². The van der Waals surface area contributed by atoms with Crippen LogP contribution >= 0.6 is 0 Å². The van der Waals surface area contributed by atoms with Crippen molar-refractivity contribution in [1.82, 2.24) is 10.2 Å². The minimum absolute atomic E-state index is 0.177. The van der Waals surface area contributed by atoms with E-state index in [9.17, 15) is 4.79 Å². The van der Waals surface area contributed by atoms with Gasteiger partial charge in [0.1, 0.15) is 0 Å². The number of benzene rings is 1. The number of methoxy groups -OCH3 is 1. The van der Waals surface area contributed by atoms with Crippen LogP contribution in [0.3, 0.4) is 0 Å². The zero-order chi connectivity index (χ0) is 13.7. The van der Waals surface area contributed by atoms with Crippen molar-refractivity contribution in [1.29, 1.82) is 0 Å². The summed E-state index contributed by atoms with van der Waals surface area (Å²) in [6.07, 6.45) is 0. The second-order valence-electron chi connectivity index (χ2n) is 3.85. The van der Waals surface area contributed by atoms with Gasteiger partial charge >= 0.3 is 0 Å². The molecule has 0 saturated heterocycles. The summed E-state index contributed by atoms with van der Waals surface area (Å²) in [5, 5.41) is 7.69. The van der Waals surface area contributed by atoms with Crippen molar-refractivity contribution < 1.29 is 9.53 Å². The Morgan fingerprint density at radius 1 is 1.16 bits per heavy atom. The van der Waals surface area contributed by atoms with E-state index in [1.807, 2.05) is 37.3 Å². The Morgan fingerprint density at radius 2 is 1.89 bits per heavy atom. The highest BCUT2D eigenvalue weighted by Crippen LogP contribution is 2.16. The Labute approximate surface area is 111 Å². The first-order chi connectivity index (χ1) is 9.26. The topological polar surface area (TPSA) is 55.3 Å². The zero-order valence-electron chi connectivity index (χ0n) is 10.9. The highest BCUT2D eigenvalue weighted by atomic mass is 16.5. The molecule has 0 spiro atoms. The molecule has 0 unspecified atom stereocenters. The van der Waals surface area contributed by atoms with Gasteiger partial charge in [-0.05, 0) is 25.1 Å². The number of nitrogens with zero attached hydrogens (tertiary/aromatic N) is 3. The molecule has 1 aromatic carbocycles. The Hall–Kier alpha value is -2.43. The van der Waals surface area contributed by atoms with E-state index in [0.29, 0.717) is 18.1 Å². The third-order valence-corrected chi connectivity index (χ3v) is 2.70. The molecule has 0 saturated carbocycles. The summed E-state index contributed by atoms with van der Waals surface area (Å²) < 4.78 is 4.92. The second-order valence-corrected chi connectivity index (χ2v) is 3.85. The molecule has 0 N–H and O–H groups in total. The van der Waals surface area contributed by atoms with Gasteiger partial charge in [-0.25, -0.2) is 0 Å². The third-order valence-electron chi connectivity index (χ3n) is 2.70. The number of hydrogen-bond acceptors (Lipinski definition) is 4. The van der Waals surface area contributed by atoms with Gasteiger partial charge in [-0.3, -0.25) is 4.79 Å². The molecular weight excluding hydrogens is 242 g/mol. The molecule has 5 nitrogen and oxygen atoms in total.